The second kappa shape index (κ2) is 9.72. The third kappa shape index (κ3) is 4.78. The average Bonchev–Trinajstić information content (AvgIpc) is 3.52. The minimum atomic E-state index is -3.67. The standard InChI is InChI=1S/C25H23F2N3O4S2/c1-16-4-2-10-29(14-16)36(32,33)20-8-6-17(7-9-20)24(31)30(15-19-5-3-11-34-19)25-28-23-21(27)12-18(26)13-22(23)35-25/h3,5-9,11-13,16H,2,4,10,14-15H2,1H3. The molecule has 1 aliphatic heterocycles. The van der Waals surface area contributed by atoms with E-state index in [4.69, 9.17) is 4.42 Å². The van der Waals surface area contributed by atoms with Crippen molar-refractivity contribution in [3.05, 3.63) is 77.8 Å². The first-order chi connectivity index (χ1) is 17.2. The molecular weight excluding hydrogens is 508 g/mol. The maximum atomic E-state index is 14.3. The van der Waals surface area contributed by atoms with Gasteiger partial charge in [0.25, 0.3) is 5.91 Å². The molecule has 2 aromatic heterocycles. The molecule has 1 amide bonds. The van der Waals surface area contributed by atoms with Gasteiger partial charge < -0.3 is 4.42 Å². The van der Waals surface area contributed by atoms with Gasteiger partial charge in [0.2, 0.25) is 10.0 Å². The molecule has 1 fully saturated rings. The zero-order valence-corrected chi connectivity index (χ0v) is 21.0. The Labute approximate surface area is 211 Å². The summed E-state index contributed by atoms with van der Waals surface area (Å²) in [6, 6.07) is 11.0. The van der Waals surface area contributed by atoms with Gasteiger partial charge in [0, 0.05) is 24.7 Å². The number of furan rings is 1. The Bertz CT molecular complexity index is 1500. The number of hydrogen-bond acceptors (Lipinski definition) is 6. The minimum Gasteiger partial charge on any atom is -0.467 e. The summed E-state index contributed by atoms with van der Waals surface area (Å²) in [5, 5.41) is 0.162. The van der Waals surface area contributed by atoms with Gasteiger partial charge in [0.05, 0.1) is 22.4 Å². The summed E-state index contributed by atoms with van der Waals surface area (Å²) in [6.07, 6.45) is 3.27. The highest BCUT2D eigenvalue weighted by molar-refractivity contribution is 7.89. The highest BCUT2D eigenvalue weighted by atomic mass is 32.2. The van der Waals surface area contributed by atoms with Gasteiger partial charge in [-0.3, -0.25) is 9.69 Å². The summed E-state index contributed by atoms with van der Waals surface area (Å²) in [6.45, 7) is 2.97. The zero-order chi connectivity index (χ0) is 25.4. The molecule has 1 saturated heterocycles. The largest absolute Gasteiger partial charge is 0.467 e. The molecule has 11 heteroatoms. The maximum Gasteiger partial charge on any atom is 0.260 e. The number of anilines is 1. The van der Waals surface area contributed by atoms with Crippen LogP contribution in [0, 0.1) is 17.6 Å². The van der Waals surface area contributed by atoms with Crippen LogP contribution in [0.3, 0.4) is 0 Å². The summed E-state index contributed by atoms with van der Waals surface area (Å²) in [5.41, 5.74) is 0.185. The summed E-state index contributed by atoms with van der Waals surface area (Å²) in [7, 11) is -3.67. The first-order valence-electron chi connectivity index (χ1n) is 11.4. The topological polar surface area (TPSA) is 83.7 Å². The van der Waals surface area contributed by atoms with Crippen molar-refractivity contribution < 1.29 is 26.4 Å². The van der Waals surface area contributed by atoms with Crippen molar-refractivity contribution in [2.24, 2.45) is 5.92 Å². The lowest BCUT2D eigenvalue weighted by molar-refractivity contribution is 0.0983. The second-order valence-electron chi connectivity index (χ2n) is 8.84. The van der Waals surface area contributed by atoms with Crippen LogP contribution in [0.15, 0.2) is 64.1 Å². The van der Waals surface area contributed by atoms with Gasteiger partial charge in [-0.1, -0.05) is 18.3 Å². The van der Waals surface area contributed by atoms with Gasteiger partial charge in [-0.2, -0.15) is 4.31 Å². The highest BCUT2D eigenvalue weighted by Gasteiger charge is 2.29. The van der Waals surface area contributed by atoms with E-state index in [1.165, 1.54) is 39.7 Å². The van der Waals surface area contributed by atoms with Gasteiger partial charge in [0.15, 0.2) is 10.9 Å². The predicted octanol–water partition coefficient (Wildman–Crippen LogP) is 5.44. The van der Waals surface area contributed by atoms with Crippen molar-refractivity contribution in [3.63, 3.8) is 0 Å². The molecule has 0 bridgehead atoms. The number of carbonyl (C=O) groups is 1. The molecule has 188 valence electrons. The third-order valence-electron chi connectivity index (χ3n) is 6.13. The lowest BCUT2D eigenvalue weighted by Crippen LogP contribution is -2.39. The molecule has 1 aliphatic rings. The smallest absolute Gasteiger partial charge is 0.260 e. The first kappa shape index (κ1) is 24.5. The molecule has 0 radical (unpaired) electrons. The van der Waals surface area contributed by atoms with Crippen LogP contribution in [0.2, 0.25) is 0 Å². The number of amides is 1. The van der Waals surface area contributed by atoms with Crippen molar-refractivity contribution in [1.29, 1.82) is 0 Å². The third-order valence-corrected chi connectivity index (χ3v) is 9.04. The molecule has 0 N–H and O–H groups in total. The predicted molar refractivity (Wildman–Crippen MR) is 132 cm³/mol. The summed E-state index contributed by atoms with van der Waals surface area (Å²) >= 11 is 0.975. The molecule has 36 heavy (non-hydrogen) atoms. The zero-order valence-electron chi connectivity index (χ0n) is 19.4. The fourth-order valence-corrected chi connectivity index (χ4v) is 6.89. The molecule has 4 aromatic rings. The number of sulfonamides is 1. The molecular formula is C25H23F2N3O4S2. The molecule has 7 nitrogen and oxygen atoms in total. The Hall–Kier alpha value is -3.15. The lowest BCUT2D eigenvalue weighted by atomic mass is 10.0. The number of piperidine rings is 1. The van der Waals surface area contributed by atoms with E-state index in [9.17, 15) is 22.0 Å². The van der Waals surface area contributed by atoms with E-state index in [1.807, 2.05) is 6.92 Å². The van der Waals surface area contributed by atoms with Crippen LogP contribution >= 0.6 is 11.3 Å². The van der Waals surface area contributed by atoms with E-state index in [-0.39, 0.29) is 38.3 Å². The van der Waals surface area contributed by atoms with E-state index in [0.29, 0.717) is 18.8 Å². The number of benzene rings is 2. The van der Waals surface area contributed by atoms with Gasteiger partial charge in [-0.05, 0) is 61.2 Å². The van der Waals surface area contributed by atoms with Crippen LogP contribution in [0.4, 0.5) is 13.9 Å². The number of halogens is 2. The molecule has 0 saturated carbocycles. The number of carbonyl (C=O) groups excluding carboxylic acids is 1. The van der Waals surface area contributed by atoms with Crippen LogP contribution in [-0.2, 0) is 16.6 Å². The van der Waals surface area contributed by atoms with Crippen molar-refractivity contribution >= 4 is 42.6 Å². The molecule has 3 heterocycles. The molecule has 1 unspecified atom stereocenters. The Morgan fingerprint density at radius 2 is 2.00 bits per heavy atom. The van der Waals surface area contributed by atoms with Crippen LogP contribution in [0.5, 0.6) is 0 Å². The SMILES string of the molecule is CC1CCCN(S(=O)(=O)c2ccc(C(=O)N(Cc3ccco3)c3nc4c(F)cc(F)cc4s3)cc2)C1. The van der Waals surface area contributed by atoms with E-state index in [1.54, 1.807) is 12.1 Å². The normalized spacial score (nSPS) is 16.9. The Kier molecular flexibility index (Phi) is 6.62. The quantitative estimate of drug-likeness (QED) is 0.331. The molecule has 1 atom stereocenters. The number of nitrogens with zero attached hydrogens (tertiary/aromatic N) is 3. The van der Waals surface area contributed by atoms with Gasteiger partial charge in [-0.15, -0.1) is 0 Å². The number of rotatable bonds is 6. The summed E-state index contributed by atoms with van der Waals surface area (Å²) in [5.74, 6) is -1.29. The van der Waals surface area contributed by atoms with E-state index < -0.39 is 27.6 Å². The van der Waals surface area contributed by atoms with Gasteiger partial charge in [0.1, 0.15) is 17.1 Å². The van der Waals surface area contributed by atoms with Crippen molar-refractivity contribution in [2.45, 2.75) is 31.2 Å². The Balaban J connectivity index is 1.47. The van der Waals surface area contributed by atoms with Crippen molar-refractivity contribution in [2.75, 3.05) is 18.0 Å². The molecule has 0 spiro atoms. The fraction of sp³-hybridized carbons (Fsp3) is 0.280. The lowest BCUT2D eigenvalue weighted by Gasteiger charge is -2.30. The van der Waals surface area contributed by atoms with E-state index in [0.717, 1.165) is 36.3 Å². The maximum absolute atomic E-state index is 14.3. The van der Waals surface area contributed by atoms with Crippen molar-refractivity contribution in [3.8, 4) is 0 Å². The van der Waals surface area contributed by atoms with E-state index in [2.05, 4.69) is 4.98 Å². The fourth-order valence-electron chi connectivity index (χ4n) is 4.28. The van der Waals surface area contributed by atoms with Crippen molar-refractivity contribution in [1.82, 2.24) is 9.29 Å². The highest BCUT2D eigenvalue weighted by Crippen LogP contribution is 2.33. The van der Waals surface area contributed by atoms with Crippen LogP contribution in [-0.4, -0.2) is 36.7 Å². The molecule has 0 aliphatic carbocycles. The number of hydrogen-bond donors (Lipinski definition) is 0. The number of aromatic nitrogens is 1. The van der Waals surface area contributed by atoms with Crippen LogP contribution in [0.25, 0.3) is 10.2 Å². The van der Waals surface area contributed by atoms with E-state index >= 15 is 0 Å². The average molecular weight is 532 g/mol. The monoisotopic (exact) mass is 531 g/mol. The first-order valence-corrected chi connectivity index (χ1v) is 13.7. The number of thiazole rings is 1. The van der Waals surface area contributed by atoms with Gasteiger partial charge >= 0.3 is 0 Å². The Morgan fingerprint density at radius 1 is 1.22 bits per heavy atom. The minimum absolute atomic E-state index is 0.00146. The van der Waals surface area contributed by atoms with Crippen LogP contribution < -0.4 is 4.90 Å². The summed E-state index contributed by atoms with van der Waals surface area (Å²) in [4.78, 5) is 19.2. The summed E-state index contributed by atoms with van der Waals surface area (Å²) < 4.78 is 61.3. The second-order valence-corrected chi connectivity index (χ2v) is 11.8. The van der Waals surface area contributed by atoms with Gasteiger partial charge in [-0.25, -0.2) is 22.2 Å². The molecule has 5 rings (SSSR count). The Morgan fingerprint density at radius 3 is 2.69 bits per heavy atom. The molecule has 2 aromatic carbocycles. The number of fused-ring (bicyclic) bond motifs is 1. The van der Waals surface area contributed by atoms with Crippen LogP contribution in [0.1, 0.15) is 35.9 Å².